The van der Waals surface area contributed by atoms with Gasteiger partial charge in [0.05, 0.1) is 0 Å². The first kappa shape index (κ1) is 13.6. The van der Waals surface area contributed by atoms with Gasteiger partial charge in [-0.15, -0.1) is 0 Å². The fraction of sp³-hybridized carbons (Fsp3) is 0.143. The molecule has 0 spiro atoms. The molecule has 6 nitrogen and oxygen atoms in total. The number of para-hydroxylation sites is 1. The van der Waals surface area contributed by atoms with E-state index in [1.807, 2.05) is 12.1 Å². The second kappa shape index (κ2) is 5.55. The first-order chi connectivity index (χ1) is 10.1. The third-order valence-corrected chi connectivity index (χ3v) is 3.80. The van der Waals surface area contributed by atoms with Gasteiger partial charge >= 0.3 is 10.8 Å². The van der Waals surface area contributed by atoms with Gasteiger partial charge in [0.1, 0.15) is 5.58 Å². The second-order valence-corrected chi connectivity index (χ2v) is 5.33. The molecule has 0 saturated heterocycles. The lowest BCUT2D eigenvalue weighted by molar-refractivity contribution is 0.0663. The van der Waals surface area contributed by atoms with Crippen molar-refractivity contribution >= 4 is 28.3 Å². The molecule has 7 heteroatoms. The molecule has 0 aliphatic carbocycles. The van der Waals surface area contributed by atoms with Crippen molar-refractivity contribution in [3.63, 3.8) is 0 Å². The van der Waals surface area contributed by atoms with E-state index >= 15 is 0 Å². The number of benzene rings is 1. The van der Waals surface area contributed by atoms with Crippen LogP contribution in [0.4, 0.5) is 0 Å². The van der Waals surface area contributed by atoms with Crippen LogP contribution in [0.5, 0.6) is 0 Å². The van der Waals surface area contributed by atoms with E-state index in [1.54, 1.807) is 17.5 Å². The normalized spacial score (nSPS) is 11.0. The average molecular weight is 304 g/mol. The van der Waals surface area contributed by atoms with Gasteiger partial charge < -0.3 is 19.8 Å². The molecule has 0 fully saturated rings. The van der Waals surface area contributed by atoms with E-state index in [4.69, 9.17) is 4.42 Å². The smallest absolute Gasteiger partial charge is 0.372 e. The van der Waals surface area contributed by atoms with Crippen molar-refractivity contribution < 1.29 is 14.3 Å². The van der Waals surface area contributed by atoms with Crippen molar-refractivity contribution in [2.45, 2.75) is 13.1 Å². The molecule has 3 rings (SSSR count). The van der Waals surface area contributed by atoms with E-state index < -0.39 is 5.97 Å². The van der Waals surface area contributed by atoms with Gasteiger partial charge in [-0.25, -0.2) is 4.79 Å². The number of hydrogen-bond donors (Lipinski definition) is 3. The summed E-state index contributed by atoms with van der Waals surface area (Å²) in [7, 11) is 0. The van der Waals surface area contributed by atoms with Crippen LogP contribution < -0.4 is 10.2 Å². The topological polar surface area (TPSA) is 95.3 Å². The summed E-state index contributed by atoms with van der Waals surface area (Å²) in [5.41, 5.74) is 1.93. The fourth-order valence-corrected chi connectivity index (χ4v) is 2.75. The molecule has 3 N–H and O–H groups in total. The molecule has 21 heavy (non-hydrogen) atoms. The molecule has 0 atom stereocenters. The minimum atomic E-state index is -1.09. The highest BCUT2D eigenvalue weighted by Crippen LogP contribution is 2.25. The lowest BCUT2D eigenvalue weighted by Gasteiger charge is -2.02. The minimum absolute atomic E-state index is 0.0532. The van der Waals surface area contributed by atoms with Crippen LogP contribution >= 0.6 is 11.3 Å². The third kappa shape index (κ3) is 2.74. The Morgan fingerprint density at radius 2 is 2.14 bits per heavy atom. The quantitative estimate of drug-likeness (QED) is 0.671. The second-order valence-electron chi connectivity index (χ2n) is 4.49. The van der Waals surface area contributed by atoms with Gasteiger partial charge in [-0.2, -0.15) is 0 Å². The highest BCUT2D eigenvalue weighted by molar-refractivity contribution is 7.07. The molecule has 2 aromatic heterocycles. The summed E-state index contributed by atoms with van der Waals surface area (Å²) in [6.45, 7) is 0.799. The number of carbonyl (C=O) groups is 1. The largest absolute Gasteiger partial charge is 0.475 e. The van der Waals surface area contributed by atoms with E-state index in [2.05, 4.69) is 10.3 Å². The molecule has 0 saturated carbocycles. The molecule has 108 valence electrons. The molecule has 0 amide bonds. The number of thiazole rings is 1. The van der Waals surface area contributed by atoms with Gasteiger partial charge in [0, 0.05) is 35.1 Å². The first-order valence-electron chi connectivity index (χ1n) is 6.26. The molecule has 0 aliphatic rings. The molecule has 0 aliphatic heterocycles. The summed E-state index contributed by atoms with van der Waals surface area (Å²) in [6.07, 6.45) is 0. The summed E-state index contributed by atoms with van der Waals surface area (Å²) in [6, 6.07) is 7.20. The van der Waals surface area contributed by atoms with E-state index in [1.165, 1.54) is 0 Å². The predicted octanol–water partition coefficient (Wildman–Crippen LogP) is 2.17. The number of furan rings is 1. The van der Waals surface area contributed by atoms with E-state index in [0.717, 1.165) is 22.4 Å². The Morgan fingerprint density at radius 3 is 2.86 bits per heavy atom. The van der Waals surface area contributed by atoms with Crippen molar-refractivity contribution in [2.75, 3.05) is 0 Å². The Hall–Kier alpha value is -2.38. The van der Waals surface area contributed by atoms with Crippen molar-refractivity contribution in [2.24, 2.45) is 0 Å². The Morgan fingerprint density at radius 1 is 1.33 bits per heavy atom. The Kier molecular flexibility index (Phi) is 3.59. The Labute approximate surface area is 123 Å². The molecule has 0 radical (unpaired) electrons. The molecule has 2 heterocycles. The maximum atomic E-state index is 11.3. The molecule has 0 bridgehead atoms. The standard InChI is InChI=1S/C14H12N2O4S/c17-13(18)12-10(9-3-1-2-4-11(9)20-12)6-15-5-8-7-21-14(19)16-8/h1-4,7,15H,5-6H2,(H,16,19)(H,17,18). The van der Waals surface area contributed by atoms with Crippen molar-refractivity contribution in [1.82, 2.24) is 10.3 Å². The summed E-state index contributed by atoms with van der Waals surface area (Å²) in [4.78, 5) is 24.9. The third-order valence-electron chi connectivity index (χ3n) is 3.08. The van der Waals surface area contributed by atoms with E-state index in [0.29, 0.717) is 24.2 Å². The fourth-order valence-electron chi connectivity index (χ4n) is 2.17. The number of aromatic carboxylic acids is 1. The van der Waals surface area contributed by atoms with Crippen LogP contribution in [0.15, 0.2) is 38.9 Å². The zero-order valence-electron chi connectivity index (χ0n) is 10.9. The molecular formula is C14H12N2O4S. The Bertz CT molecular complexity index is 846. The summed E-state index contributed by atoms with van der Waals surface area (Å²) >= 11 is 1.10. The van der Waals surface area contributed by atoms with Crippen LogP contribution in [-0.4, -0.2) is 16.1 Å². The molecule has 3 aromatic rings. The van der Waals surface area contributed by atoms with Crippen LogP contribution in [-0.2, 0) is 13.1 Å². The van der Waals surface area contributed by atoms with Crippen molar-refractivity contribution in [3.8, 4) is 0 Å². The zero-order valence-corrected chi connectivity index (χ0v) is 11.7. The average Bonchev–Trinajstić information content (AvgIpc) is 3.03. The number of nitrogens with one attached hydrogen (secondary N) is 2. The highest BCUT2D eigenvalue weighted by Gasteiger charge is 2.19. The van der Waals surface area contributed by atoms with E-state index in [-0.39, 0.29) is 10.6 Å². The number of hydrogen-bond acceptors (Lipinski definition) is 5. The summed E-state index contributed by atoms with van der Waals surface area (Å²) in [5, 5.41) is 14.9. The maximum absolute atomic E-state index is 11.3. The van der Waals surface area contributed by atoms with Gasteiger partial charge in [-0.3, -0.25) is 4.79 Å². The van der Waals surface area contributed by atoms with Crippen LogP contribution in [0.3, 0.4) is 0 Å². The number of carboxylic acids is 1. The van der Waals surface area contributed by atoms with Crippen LogP contribution in [0, 0.1) is 0 Å². The number of aromatic amines is 1. The number of carboxylic acid groups (broad SMARTS) is 1. The van der Waals surface area contributed by atoms with Crippen molar-refractivity contribution in [3.05, 3.63) is 56.3 Å². The van der Waals surface area contributed by atoms with Crippen LogP contribution in [0.2, 0.25) is 0 Å². The minimum Gasteiger partial charge on any atom is -0.475 e. The van der Waals surface area contributed by atoms with Gasteiger partial charge in [0.2, 0.25) is 5.76 Å². The van der Waals surface area contributed by atoms with Gasteiger partial charge in [-0.05, 0) is 6.07 Å². The highest BCUT2D eigenvalue weighted by atomic mass is 32.1. The molecule has 1 aromatic carbocycles. The van der Waals surface area contributed by atoms with Crippen molar-refractivity contribution in [1.29, 1.82) is 0 Å². The summed E-state index contributed by atoms with van der Waals surface area (Å²) in [5.74, 6) is -1.14. The number of rotatable bonds is 5. The number of H-pyrrole nitrogens is 1. The monoisotopic (exact) mass is 304 g/mol. The molecular weight excluding hydrogens is 292 g/mol. The lowest BCUT2D eigenvalue weighted by Crippen LogP contribution is -2.15. The number of fused-ring (bicyclic) bond motifs is 1. The maximum Gasteiger partial charge on any atom is 0.372 e. The Balaban J connectivity index is 1.83. The van der Waals surface area contributed by atoms with Gasteiger partial charge in [0.15, 0.2) is 0 Å². The van der Waals surface area contributed by atoms with E-state index in [9.17, 15) is 14.7 Å². The van der Waals surface area contributed by atoms with Gasteiger partial charge in [0.25, 0.3) is 0 Å². The zero-order chi connectivity index (χ0) is 14.8. The van der Waals surface area contributed by atoms with Gasteiger partial charge in [-0.1, -0.05) is 29.5 Å². The number of aromatic nitrogens is 1. The lowest BCUT2D eigenvalue weighted by atomic mass is 10.1. The van der Waals surface area contributed by atoms with Crippen LogP contribution in [0.1, 0.15) is 21.8 Å². The molecule has 0 unspecified atom stereocenters. The first-order valence-corrected chi connectivity index (χ1v) is 7.14. The predicted molar refractivity (Wildman–Crippen MR) is 78.7 cm³/mol. The summed E-state index contributed by atoms with van der Waals surface area (Å²) < 4.78 is 5.37. The van der Waals surface area contributed by atoms with Crippen LogP contribution in [0.25, 0.3) is 11.0 Å². The SMILES string of the molecule is O=C(O)c1oc2ccccc2c1CNCc1csc(=O)[nH]1.